The maximum atomic E-state index is 12.5. The molecular weight excluding hydrogens is 472 g/mol. The third-order valence-electron chi connectivity index (χ3n) is 5.42. The van der Waals surface area contributed by atoms with Gasteiger partial charge in [0.15, 0.2) is 0 Å². The standard InChI is InChI=1S/C27H34N6O4/c1-6-29-25(35)32-23-15-21-20(18-9-12-28-13-10-18)8-7-19(22(21)17-30-23)16-31-24(34)11-14-33(5)26(36)37-27(2,3)4/h7-10,12-13,15,17H,6,11,14,16H2,1-5H3,(H,31,34)(H2,29,30,32,35). The topological polar surface area (TPSA) is 126 Å². The second-order valence-corrected chi connectivity index (χ2v) is 9.54. The summed E-state index contributed by atoms with van der Waals surface area (Å²) < 4.78 is 5.32. The van der Waals surface area contributed by atoms with Crippen molar-refractivity contribution in [3.63, 3.8) is 0 Å². The molecule has 0 aliphatic carbocycles. The lowest BCUT2D eigenvalue weighted by molar-refractivity contribution is -0.121. The normalized spacial score (nSPS) is 11.1. The van der Waals surface area contributed by atoms with Gasteiger partial charge < -0.3 is 20.3 Å². The lowest BCUT2D eigenvalue weighted by Crippen LogP contribution is -2.36. The number of pyridine rings is 2. The predicted molar refractivity (Wildman–Crippen MR) is 143 cm³/mol. The van der Waals surface area contributed by atoms with E-state index in [9.17, 15) is 14.4 Å². The minimum absolute atomic E-state index is 0.141. The Balaban J connectivity index is 1.76. The average Bonchev–Trinajstić information content (AvgIpc) is 2.85. The fourth-order valence-corrected chi connectivity index (χ4v) is 3.61. The highest BCUT2D eigenvalue weighted by atomic mass is 16.6. The van der Waals surface area contributed by atoms with E-state index in [4.69, 9.17) is 4.74 Å². The van der Waals surface area contributed by atoms with Gasteiger partial charge in [-0.15, -0.1) is 0 Å². The monoisotopic (exact) mass is 506 g/mol. The van der Waals surface area contributed by atoms with Crippen LogP contribution in [-0.2, 0) is 16.1 Å². The summed E-state index contributed by atoms with van der Waals surface area (Å²) in [5, 5.41) is 10.1. The van der Waals surface area contributed by atoms with Crippen molar-refractivity contribution in [2.75, 3.05) is 25.5 Å². The molecule has 10 nitrogen and oxygen atoms in total. The molecule has 1 aromatic carbocycles. The van der Waals surface area contributed by atoms with E-state index in [1.807, 2.05) is 37.3 Å². The molecule has 3 rings (SSSR count). The van der Waals surface area contributed by atoms with Crippen molar-refractivity contribution in [2.45, 2.75) is 46.3 Å². The Morgan fingerprint density at radius 1 is 1.03 bits per heavy atom. The summed E-state index contributed by atoms with van der Waals surface area (Å²) in [6.07, 6.45) is 4.80. The molecule has 0 unspecified atom stereocenters. The first-order chi connectivity index (χ1) is 17.6. The van der Waals surface area contributed by atoms with Crippen molar-refractivity contribution in [1.29, 1.82) is 0 Å². The predicted octanol–water partition coefficient (Wildman–Crippen LogP) is 4.31. The van der Waals surface area contributed by atoms with Crippen LogP contribution >= 0.6 is 0 Å². The number of carbonyl (C=O) groups is 3. The highest BCUT2D eigenvalue weighted by Gasteiger charge is 2.20. The van der Waals surface area contributed by atoms with Gasteiger partial charge in [-0.3, -0.25) is 15.1 Å². The van der Waals surface area contributed by atoms with Crippen LogP contribution in [0.3, 0.4) is 0 Å². The lowest BCUT2D eigenvalue weighted by atomic mass is 9.96. The molecule has 0 saturated heterocycles. The van der Waals surface area contributed by atoms with Crippen LogP contribution in [0.25, 0.3) is 21.9 Å². The fourth-order valence-electron chi connectivity index (χ4n) is 3.61. The molecule has 2 heterocycles. The lowest BCUT2D eigenvalue weighted by Gasteiger charge is -2.24. The fraction of sp³-hybridized carbons (Fsp3) is 0.370. The first-order valence-electron chi connectivity index (χ1n) is 12.1. The second kappa shape index (κ2) is 12.2. The van der Waals surface area contributed by atoms with Gasteiger partial charge in [-0.2, -0.15) is 0 Å². The zero-order chi connectivity index (χ0) is 27.0. The SMILES string of the molecule is CCNC(=O)Nc1cc2c(-c3ccncc3)ccc(CNC(=O)CCN(C)C(=O)OC(C)(C)C)c2cn1. The first kappa shape index (κ1) is 27.4. The molecule has 37 heavy (non-hydrogen) atoms. The summed E-state index contributed by atoms with van der Waals surface area (Å²) in [6, 6.07) is 9.24. The number of amides is 4. The largest absolute Gasteiger partial charge is 0.444 e. The number of anilines is 1. The molecule has 3 aromatic rings. The van der Waals surface area contributed by atoms with Gasteiger partial charge in [0.25, 0.3) is 0 Å². The van der Waals surface area contributed by atoms with Crippen molar-refractivity contribution in [2.24, 2.45) is 0 Å². The van der Waals surface area contributed by atoms with Gasteiger partial charge in [0, 0.05) is 57.1 Å². The van der Waals surface area contributed by atoms with Crippen LogP contribution < -0.4 is 16.0 Å². The second-order valence-electron chi connectivity index (χ2n) is 9.54. The third kappa shape index (κ3) is 7.89. The molecule has 3 N–H and O–H groups in total. The number of nitrogens with zero attached hydrogens (tertiary/aromatic N) is 3. The summed E-state index contributed by atoms with van der Waals surface area (Å²) in [7, 11) is 1.60. The molecule has 196 valence electrons. The van der Waals surface area contributed by atoms with Gasteiger partial charge in [0.1, 0.15) is 11.4 Å². The highest BCUT2D eigenvalue weighted by Crippen LogP contribution is 2.31. The molecule has 0 bridgehead atoms. The van der Waals surface area contributed by atoms with Crippen LogP contribution in [0.2, 0.25) is 0 Å². The van der Waals surface area contributed by atoms with Gasteiger partial charge in [0.2, 0.25) is 5.91 Å². The molecule has 0 saturated carbocycles. The molecule has 0 radical (unpaired) electrons. The van der Waals surface area contributed by atoms with Gasteiger partial charge in [-0.25, -0.2) is 14.6 Å². The van der Waals surface area contributed by atoms with Crippen molar-refractivity contribution in [3.05, 3.63) is 54.5 Å². The quantitative estimate of drug-likeness (QED) is 0.418. The molecule has 0 atom stereocenters. The van der Waals surface area contributed by atoms with Crippen LogP contribution in [0.1, 0.15) is 39.7 Å². The molecule has 4 amide bonds. The van der Waals surface area contributed by atoms with Crippen molar-refractivity contribution in [3.8, 4) is 11.1 Å². The van der Waals surface area contributed by atoms with E-state index < -0.39 is 11.7 Å². The third-order valence-corrected chi connectivity index (χ3v) is 5.42. The van der Waals surface area contributed by atoms with Crippen molar-refractivity contribution >= 4 is 34.6 Å². The number of fused-ring (bicyclic) bond motifs is 1. The summed E-state index contributed by atoms with van der Waals surface area (Å²) in [6.45, 7) is 8.24. The van der Waals surface area contributed by atoms with E-state index >= 15 is 0 Å². The Bertz CT molecular complexity index is 1260. The summed E-state index contributed by atoms with van der Waals surface area (Å²) in [4.78, 5) is 46.5. The molecule has 0 spiro atoms. The number of nitrogens with one attached hydrogen (secondary N) is 3. The molecule has 10 heteroatoms. The van der Waals surface area contributed by atoms with E-state index in [-0.39, 0.29) is 31.4 Å². The van der Waals surface area contributed by atoms with Crippen LogP contribution in [-0.4, -0.2) is 58.6 Å². The minimum Gasteiger partial charge on any atom is -0.444 e. The molecule has 0 aliphatic rings. The smallest absolute Gasteiger partial charge is 0.410 e. The van der Waals surface area contributed by atoms with Gasteiger partial charge >= 0.3 is 12.1 Å². The highest BCUT2D eigenvalue weighted by molar-refractivity contribution is 6.01. The molecule has 2 aromatic heterocycles. The van der Waals surface area contributed by atoms with Crippen LogP contribution in [0, 0.1) is 0 Å². The summed E-state index contributed by atoms with van der Waals surface area (Å²) in [5.74, 6) is 0.226. The molecule has 0 fully saturated rings. The number of aromatic nitrogens is 2. The molecular formula is C27H34N6O4. The van der Waals surface area contributed by atoms with Gasteiger partial charge in [0.05, 0.1) is 0 Å². The Labute approximate surface area is 216 Å². The summed E-state index contributed by atoms with van der Waals surface area (Å²) in [5.41, 5.74) is 2.20. The average molecular weight is 507 g/mol. The maximum Gasteiger partial charge on any atom is 0.410 e. The van der Waals surface area contributed by atoms with Crippen LogP contribution in [0.5, 0.6) is 0 Å². The van der Waals surface area contributed by atoms with E-state index in [1.54, 1.807) is 46.4 Å². The number of ether oxygens (including phenoxy) is 1. The van der Waals surface area contributed by atoms with E-state index in [0.717, 1.165) is 27.5 Å². The summed E-state index contributed by atoms with van der Waals surface area (Å²) >= 11 is 0. The maximum absolute atomic E-state index is 12.5. The van der Waals surface area contributed by atoms with Crippen LogP contribution in [0.4, 0.5) is 15.4 Å². The Hall–Kier alpha value is -4.21. The number of rotatable bonds is 8. The zero-order valence-electron chi connectivity index (χ0n) is 21.9. The Kier molecular flexibility index (Phi) is 9.00. The van der Waals surface area contributed by atoms with Gasteiger partial charge in [-0.05, 0) is 68.0 Å². The molecule has 0 aliphatic heterocycles. The number of carbonyl (C=O) groups excluding carboxylic acids is 3. The number of hydrogen-bond acceptors (Lipinski definition) is 6. The minimum atomic E-state index is -0.597. The number of urea groups is 1. The zero-order valence-corrected chi connectivity index (χ0v) is 21.9. The first-order valence-corrected chi connectivity index (χ1v) is 12.1. The van der Waals surface area contributed by atoms with Crippen LogP contribution in [0.15, 0.2) is 48.9 Å². The Morgan fingerprint density at radius 2 is 1.76 bits per heavy atom. The number of hydrogen-bond donors (Lipinski definition) is 3. The Morgan fingerprint density at radius 3 is 2.43 bits per heavy atom. The van der Waals surface area contributed by atoms with Crippen molar-refractivity contribution < 1.29 is 19.1 Å². The van der Waals surface area contributed by atoms with Gasteiger partial charge in [-0.1, -0.05) is 12.1 Å². The van der Waals surface area contributed by atoms with E-state index in [1.165, 1.54) is 4.90 Å². The van der Waals surface area contributed by atoms with Crippen molar-refractivity contribution in [1.82, 2.24) is 25.5 Å². The van der Waals surface area contributed by atoms with E-state index in [2.05, 4.69) is 25.9 Å². The number of benzene rings is 1. The van der Waals surface area contributed by atoms with E-state index in [0.29, 0.717) is 12.4 Å².